The number of anilines is 1. The highest BCUT2D eigenvalue weighted by Crippen LogP contribution is 2.43. The van der Waals surface area contributed by atoms with Crippen LogP contribution in [0, 0.1) is 5.41 Å². The molecule has 2 heterocycles. The van der Waals surface area contributed by atoms with E-state index >= 15 is 0 Å². The third-order valence-corrected chi connectivity index (χ3v) is 8.33. The van der Waals surface area contributed by atoms with E-state index in [4.69, 9.17) is 0 Å². The number of aliphatic carboxylic acids is 1. The van der Waals surface area contributed by atoms with Gasteiger partial charge in [-0.15, -0.1) is 0 Å². The molecule has 0 amide bonds. The van der Waals surface area contributed by atoms with Crippen LogP contribution in [0.25, 0.3) is 11.1 Å². The predicted octanol–water partition coefficient (Wildman–Crippen LogP) is 5.67. The SMILES string of the molecule is O=C(O)CN1CCCC2(C1)CN(c1ccc(C3=C(c4ccccc4)CCCc4cc(O)ccc43)cc1)C2. The van der Waals surface area contributed by atoms with Gasteiger partial charge in [0.25, 0.3) is 0 Å². The molecular weight excluding hydrogens is 460 g/mol. The van der Waals surface area contributed by atoms with Crippen molar-refractivity contribution in [2.75, 3.05) is 37.6 Å². The molecule has 0 bridgehead atoms. The van der Waals surface area contributed by atoms with Crippen molar-refractivity contribution in [3.63, 3.8) is 0 Å². The third-order valence-electron chi connectivity index (χ3n) is 8.33. The molecule has 0 unspecified atom stereocenters. The fourth-order valence-corrected chi connectivity index (χ4v) is 6.71. The molecule has 0 radical (unpaired) electrons. The van der Waals surface area contributed by atoms with Gasteiger partial charge >= 0.3 is 5.97 Å². The molecule has 3 aromatic rings. The average Bonchev–Trinajstić information content (AvgIpc) is 3.07. The molecule has 37 heavy (non-hydrogen) atoms. The number of fused-ring (bicyclic) bond motifs is 1. The maximum atomic E-state index is 11.2. The lowest BCUT2D eigenvalue weighted by molar-refractivity contribution is -0.139. The van der Waals surface area contributed by atoms with E-state index in [2.05, 4.69) is 70.5 Å². The zero-order valence-corrected chi connectivity index (χ0v) is 21.2. The first-order valence-electron chi connectivity index (χ1n) is 13.4. The van der Waals surface area contributed by atoms with Gasteiger partial charge in [0.2, 0.25) is 0 Å². The Bertz CT molecular complexity index is 1320. The number of hydrogen-bond acceptors (Lipinski definition) is 4. The number of rotatable bonds is 5. The number of carboxylic acids is 1. The highest BCUT2D eigenvalue weighted by molar-refractivity contribution is 6.00. The molecule has 0 saturated carbocycles. The number of likely N-dealkylation sites (tertiary alicyclic amines) is 1. The molecule has 0 atom stereocenters. The van der Waals surface area contributed by atoms with Gasteiger partial charge in [0.05, 0.1) is 6.54 Å². The van der Waals surface area contributed by atoms with Gasteiger partial charge in [0, 0.05) is 30.7 Å². The van der Waals surface area contributed by atoms with Crippen molar-refractivity contribution in [3.05, 3.63) is 95.1 Å². The van der Waals surface area contributed by atoms with E-state index in [-0.39, 0.29) is 12.0 Å². The largest absolute Gasteiger partial charge is 0.508 e. The lowest BCUT2D eigenvalue weighted by Crippen LogP contribution is -2.63. The molecule has 2 saturated heterocycles. The van der Waals surface area contributed by atoms with Crippen molar-refractivity contribution in [1.29, 1.82) is 0 Å². The molecule has 2 aliphatic heterocycles. The number of allylic oxidation sites excluding steroid dienone is 1. The molecule has 1 spiro atoms. The van der Waals surface area contributed by atoms with Crippen LogP contribution < -0.4 is 4.90 Å². The van der Waals surface area contributed by atoms with Gasteiger partial charge in [-0.05, 0) is 96.3 Å². The minimum absolute atomic E-state index is 0.147. The van der Waals surface area contributed by atoms with E-state index < -0.39 is 5.97 Å². The van der Waals surface area contributed by atoms with Crippen LogP contribution in [0.5, 0.6) is 5.75 Å². The molecule has 3 aliphatic rings. The van der Waals surface area contributed by atoms with Gasteiger partial charge in [-0.1, -0.05) is 48.5 Å². The van der Waals surface area contributed by atoms with Gasteiger partial charge in [-0.2, -0.15) is 0 Å². The number of aromatic hydroxyl groups is 1. The Hall–Kier alpha value is -3.57. The zero-order chi connectivity index (χ0) is 25.4. The van der Waals surface area contributed by atoms with Crippen molar-refractivity contribution in [2.45, 2.75) is 32.1 Å². The Morgan fingerprint density at radius 3 is 2.41 bits per heavy atom. The molecule has 190 valence electrons. The molecule has 0 aromatic heterocycles. The number of phenolic OH excluding ortho intramolecular Hbond substituents is 1. The Morgan fingerprint density at radius 1 is 0.865 bits per heavy atom. The summed E-state index contributed by atoms with van der Waals surface area (Å²) in [6, 6.07) is 25.5. The Labute approximate surface area is 218 Å². The number of aryl methyl sites for hydroxylation is 1. The Morgan fingerprint density at radius 2 is 1.65 bits per heavy atom. The van der Waals surface area contributed by atoms with Gasteiger partial charge < -0.3 is 15.1 Å². The van der Waals surface area contributed by atoms with Gasteiger partial charge in [-0.3, -0.25) is 9.69 Å². The molecule has 1 aliphatic carbocycles. The van der Waals surface area contributed by atoms with E-state index in [0.29, 0.717) is 5.75 Å². The zero-order valence-electron chi connectivity index (χ0n) is 21.2. The van der Waals surface area contributed by atoms with Crippen molar-refractivity contribution in [1.82, 2.24) is 4.90 Å². The normalized spacial score (nSPS) is 19.3. The first kappa shape index (κ1) is 23.8. The predicted molar refractivity (Wildman–Crippen MR) is 148 cm³/mol. The van der Waals surface area contributed by atoms with Crippen LogP contribution in [0.1, 0.15) is 47.9 Å². The van der Waals surface area contributed by atoms with Crippen LogP contribution in [-0.4, -0.2) is 53.8 Å². The lowest BCUT2D eigenvalue weighted by atomic mass is 9.73. The second-order valence-electron chi connectivity index (χ2n) is 11.0. The van der Waals surface area contributed by atoms with Crippen LogP contribution >= 0.6 is 0 Å². The van der Waals surface area contributed by atoms with E-state index in [1.54, 1.807) is 6.07 Å². The van der Waals surface area contributed by atoms with E-state index in [1.165, 1.54) is 45.5 Å². The van der Waals surface area contributed by atoms with Crippen molar-refractivity contribution in [2.24, 2.45) is 5.41 Å². The van der Waals surface area contributed by atoms with Crippen LogP contribution in [0.3, 0.4) is 0 Å². The van der Waals surface area contributed by atoms with Crippen LogP contribution in [0.15, 0.2) is 72.8 Å². The molecule has 3 aromatic carbocycles. The van der Waals surface area contributed by atoms with Crippen LogP contribution in [-0.2, 0) is 11.2 Å². The minimum atomic E-state index is -0.733. The fraction of sp³-hybridized carbons (Fsp3) is 0.344. The fourth-order valence-electron chi connectivity index (χ4n) is 6.71. The smallest absolute Gasteiger partial charge is 0.317 e. The number of carbonyl (C=O) groups is 1. The standard InChI is InChI=1S/C32H34N2O3/c35-27-14-15-29-25(18-27)8-4-9-28(23-6-2-1-3-7-23)31(29)24-10-12-26(13-11-24)34-21-32(22-34)16-5-17-33(20-32)19-30(36)37/h1-3,6-7,10-15,18,35H,4-5,8-9,16-17,19-22H2,(H,36,37). The summed E-state index contributed by atoms with van der Waals surface area (Å²) in [5.74, 6) is -0.406. The Kier molecular flexibility index (Phi) is 6.25. The van der Waals surface area contributed by atoms with Crippen molar-refractivity contribution < 1.29 is 15.0 Å². The summed E-state index contributed by atoms with van der Waals surface area (Å²) in [5.41, 5.74) is 8.96. The summed E-state index contributed by atoms with van der Waals surface area (Å²) in [5, 5.41) is 19.4. The third kappa shape index (κ3) is 4.76. The number of phenols is 1. The van der Waals surface area contributed by atoms with Gasteiger partial charge in [-0.25, -0.2) is 0 Å². The molecule has 2 N–H and O–H groups in total. The first-order valence-corrected chi connectivity index (χ1v) is 13.4. The molecular formula is C32H34N2O3. The highest BCUT2D eigenvalue weighted by atomic mass is 16.4. The summed E-state index contributed by atoms with van der Waals surface area (Å²) in [7, 11) is 0. The first-order chi connectivity index (χ1) is 18.0. The maximum Gasteiger partial charge on any atom is 0.317 e. The van der Waals surface area contributed by atoms with E-state index in [0.717, 1.165) is 51.9 Å². The van der Waals surface area contributed by atoms with Gasteiger partial charge in [0.15, 0.2) is 0 Å². The average molecular weight is 495 g/mol. The second kappa shape index (κ2) is 9.71. The van der Waals surface area contributed by atoms with E-state index in [9.17, 15) is 15.0 Å². The monoisotopic (exact) mass is 494 g/mol. The summed E-state index contributed by atoms with van der Waals surface area (Å²) in [6.45, 7) is 3.89. The summed E-state index contributed by atoms with van der Waals surface area (Å²) < 4.78 is 0. The number of hydrogen-bond donors (Lipinski definition) is 2. The number of carboxylic acid groups (broad SMARTS) is 1. The van der Waals surface area contributed by atoms with Gasteiger partial charge in [0.1, 0.15) is 5.75 Å². The van der Waals surface area contributed by atoms with Crippen LogP contribution in [0.2, 0.25) is 0 Å². The topological polar surface area (TPSA) is 64.0 Å². The number of benzene rings is 3. The molecule has 5 heteroatoms. The highest BCUT2D eigenvalue weighted by Gasteiger charge is 2.45. The number of piperidine rings is 1. The number of nitrogens with zero attached hydrogens (tertiary/aromatic N) is 2. The molecule has 6 rings (SSSR count). The maximum absolute atomic E-state index is 11.2. The summed E-state index contributed by atoms with van der Waals surface area (Å²) in [6.07, 6.45) is 5.26. The minimum Gasteiger partial charge on any atom is -0.508 e. The molecule has 2 fully saturated rings. The quantitative estimate of drug-likeness (QED) is 0.478. The summed E-state index contributed by atoms with van der Waals surface area (Å²) >= 11 is 0. The van der Waals surface area contributed by atoms with E-state index in [1.807, 2.05) is 6.07 Å². The summed E-state index contributed by atoms with van der Waals surface area (Å²) in [4.78, 5) is 15.7. The van der Waals surface area contributed by atoms with Crippen molar-refractivity contribution in [3.8, 4) is 5.75 Å². The van der Waals surface area contributed by atoms with Crippen molar-refractivity contribution >= 4 is 22.8 Å². The lowest BCUT2D eigenvalue weighted by Gasteiger charge is -2.55. The Balaban J connectivity index is 1.29. The van der Waals surface area contributed by atoms with Crippen LogP contribution in [0.4, 0.5) is 5.69 Å². The second-order valence-corrected chi connectivity index (χ2v) is 11.0. The molecule has 5 nitrogen and oxygen atoms in total.